The Kier molecular flexibility index (Phi) is 15.7. The molecule has 0 aliphatic heterocycles. The Morgan fingerprint density at radius 2 is 1.44 bits per heavy atom. The Bertz CT molecular complexity index is 1930. The number of benzene rings is 1. The second kappa shape index (κ2) is 20.6. The highest BCUT2D eigenvalue weighted by atomic mass is 16.4. The Morgan fingerprint density at radius 1 is 0.796 bits per heavy atom. The van der Waals surface area contributed by atoms with E-state index in [1.165, 1.54) is 6.20 Å². The predicted molar refractivity (Wildman–Crippen MR) is 188 cm³/mol. The highest BCUT2D eigenvalue weighted by Gasteiger charge is 2.23. The van der Waals surface area contributed by atoms with Crippen LogP contribution < -0.4 is 54.2 Å². The van der Waals surface area contributed by atoms with E-state index >= 15 is 0 Å². The molecule has 1 aromatic carbocycles. The number of nitrogen functional groups attached to an aromatic ring is 1. The maximum atomic E-state index is 12.6. The van der Waals surface area contributed by atoms with Crippen LogP contribution in [-0.2, 0) is 40.1 Å². The highest BCUT2D eigenvalue weighted by Crippen LogP contribution is 2.12. The normalized spacial score (nSPS) is 11.0. The van der Waals surface area contributed by atoms with E-state index in [0.717, 1.165) is 0 Å². The lowest BCUT2D eigenvalue weighted by molar-refractivity contribution is -0.138. The monoisotopic (exact) mass is 753 g/mol. The maximum absolute atomic E-state index is 12.6. The Balaban J connectivity index is 1.34. The summed E-state index contributed by atoms with van der Waals surface area (Å²) in [4.78, 5) is 122. The minimum absolute atomic E-state index is 0.0493. The third kappa shape index (κ3) is 14.6. The van der Waals surface area contributed by atoms with Crippen LogP contribution in [0.5, 0.6) is 0 Å². The summed E-state index contributed by atoms with van der Waals surface area (Å²) in [5, 5.41) is 26.0. The molecule has 13 N–H and O–H groups in total. The van der Waals surface area contributed by atoms with Gasteiger partial charge >= 0.3 is 5.97 Å². The zero-order valence-corrected chi connectivity index (χ0v) is 28.7. The second-order valence-electron chi connectivity index (χ2n) is 11.3. The van der Waals surface area contributed by atoms with Crippen LogP contribution in [0.3, 0.4) is 0 Å². The minimum atomic E-state index is -1.36. The van der Waals surface area contributed by atoms with E-state index in [2.05, 4.69) is 57.2 Å². The third-order valence-corrected chi connectivity index (χ3v) is 7.05. The molecule has 23 heteroatoms. The molecule has 54 heavy (non-hydrogen) atoms. The maximum Gasteiger partial charge on any atom is 0.303 e. The topological polar surface area (TPSA) is 365 Å². The predicted octanol–water partition coefficient (Wildman–Crippen LogP) is -4.28. The molecular formula is C31H39N13O10. The van der Waals surface area contributed by atoms with Crippen molar-refractivity contribution in [1.29, 1.82) is 0 Å². The van der Waals surface area contributed by atoms with Gasteiger partial charge in [0.25, 0.3) is 11.5 Å². The van der Waals surface area contributed by atoms with Gasteiger partial charge in [-0.3, -0.25) is 48.1 Å². The number of carboxylic acid groups (broad SMARTS) is 1. The molecule has 2 heterocycles. The van der Waals surface area contributed by atoms with Crippen LogP contribution in [0.4, 0.5) is 11.6 Å². The molecule has 1 atom stereocenters. The van der Waals surface area contributed by atoms with E-state index in [1.807, 2.05) is 0 Å². The zero-order chi connectivity index (χ0) is 39.6. The SMILES string of the molecule is NC(=O)CNC(=O)CNC(=O)CNC(=O)[C@H](CCC(=O)O)NC(=O)CNC(=O)CCCNC(=O)c1ccc(NCc2cnc3nc(N)[nH]c(=O)c3n2)cc1. The molecule has 0 aliphatic rings. The molecule has 0 bridgehead atoms. The van der Waals surface area contributed by atoms with Crippen molar-refractivity contribution in [2.45, 2.75) is 38.3 Å². The van der Waals surface area contributed by atoms with Crippen LogP contribution in [0, 0.1) is 0 Å². The number of carbonyl (C=O) groups is 8. The third-order valence-electron chi connectivity index (χ3n) is 7.05. The summed E-state index contributed by atoms with van der Waals surface area (Å²) in [6, 6.07) is 5.15. The fourth-order valence-corrected chi connectivity index (χ4v) is 4.37. The van der Waals surface area contributed by atoms with Crippen LogP contribution in [0.1, 0.15) is 41.7 Å². The van der Waals surface area contributed by atoms with Crippen LogP contribution in [0.25, 0.3) is 11.2 Å². The molecular weight excluding hydrogens is 714 g/mol. The van der Waals surface area contributed by atoms with Gasteiger partial charge in [0.05, 0.1) is 44.6 Å². The average molecular weight is 754 g/mol. The van der Waals surface area contributed by atoms with Crippen LogP contribution in [0.2, 0.25) is 0 Å². The van der Waals surface area contributed by atoms with Gasteiger partial charge in [-0.15, -0.1) is 0 Å². The van der Waals surface area contributed by atoms with Gasteiger partial charge in [0.2, 0.25) is 41.4 Å². The van der Waals surface area contributed by atoms with Gasteiger partial charge < -0.3 is 53.8 Å². The summed E-state index contributed by atoms with van der Waals surface area (Å²) < 4.78 is 0. The molecule has 7 amide bonds. The largest absolute Gasteiger partial charge is 0.481 e. The highest BCUT2D eigenvalue weighted by molar-refractivity contribution is 5.95. The number of hydrogen-bond donors (Lipinski definition) is 11. The minimum Gasteiger partial charge on any atom is -0.481 e. The van der Waals surface area contributed by atoms with Crippen LogP contribution in [0.15, 0.2) is 35.3 Å². The van der Waals surface area contributed by atoms with Crippen molar-refractivity contribution in [1.82, 2.24) is 51.8 Å². The van der Waals surface area contributed by atoms with E-state index in [1.54, 1.807) is 24.3 Å². The van der Waals surface area contributed by atoms with Gasteiger partial charge in [-0.25, -0.2) is 9.97 Å². The molecule has 3 rings (SSSR count). The number of anilines is 2. The molecule has 0 aliphatic carbocycles. The first-order chi connectivity index (χ1) is 25.7. The van der Waals surface area contributed by atoms with E-state index in [9.17, 15) is 43.2 Å². The molecule has 288 valence electrons. The number of nitrogens with two attached hydrogens (primary N) is 2. The van der Waals surface area contributed by atoms with Crippen molar-refractivity contribution >= 4 is 70.1 Å². The summed E-state index contributed by atoms with van der Waals surface area (Å²) in [6.45, 7) is -1.72. The summed E-state index contributed by atoms with van der Waals surface area (Å²) >= 11 is 0. The lowest BCUT2D eigenvalue weighted by Gasteiger charge is -2.18. The number of aromatic amines is 1. The zero-order valence-electron chi connectivity index (χ0n) is 28.7. The van der Waals surface area contributed by atoms with Crippen molar-refractivity contribution in [3.63, 3.8) is 0 Å². The summed E-state index contributed by atoms with van der Waals surface area (Å²) in [5.74, 6) is -6.19. The lowest BCUT2D eigenvalue weighted by atomic mass is 10.1. The van der Waals surface area contributed by atoms with Gasteiger partial charge in [0.1, 0.15) is 6.04 Å². The Morgan fingerprint density at radius 3 is 2.13 bits per heavy atom. The fourth-order valence-electron chi connectivity index (χ4n) is 4.37. The van der Waals surface area contributed by atoms with Crippen LogP contribution in [-0.4, -0.2) is 111 Å². The van der Waals surface area contributed by atoms with E-state index in [-0.39, 0.29) is 55.4 Å². The quantitative estimate of drug-likeness (QED) is 0.0459. The number of primary amides is 1. The summed E-state index contributed by atoms with van der Waals surface area (Å²) in [7, 11) is 0. The van der Waals surface area contributed by atoms with Gasteiger partial charge in [-0.2, -0.15) is 4.98 Å². The first-order valence-corrected chi connectivity index (χ1v) is 16.2. The number of hydrogen-bond acceptors (Lipinski definition) is 14. The van der Waals surface area contributed by atoms with E-state index in [0.29, 0.717) is 16.9 Å². The van der Waals surface area contributed by atoms with E-state index < -0.39 is 85.6 Å². The fraction of sp³-hybridized carbons (Fsp3) is 0.355. The number of carbonyl (C=O) groups excluding carboxylic acids is 7. The van der Waals surface area contributed by atoms with Crippen molar-refractivity contribution in [2.75, 3.05) is 43.8 Å². The second-order valence-corrected chi connectivity index (χ2v) is 11.3. The molecule has 0 saturated heterocycles. The molecule has 0 spiro atoms. The molecule has 0 saturated carbocycles. The average Bonchev–Trinajstić information content (AvgIpc) is 3.13. The molecule has 0 unspecified atom stereocenters. The number of aromatic nitrogens is 4. The standard InChI is InChI=1S/C31H39N13O10/c32-20(45)12-36-22(47)13-38-23(48)14-40-29(53)19(7-8-25(50)51)42-24(49)15-37-21(46)2-1-9-34-28(52)16-3-5-17(6-4-16)35-10-18-11-39-27-26(41-18)30(54)44-31(33)43-27/h3-6,11,19,35H,1-2,7-10,12-15H2,(H2,32,45)(H,34,52)(H,36,47)(H,37,46)(H,38,48)(H,40,53)(H,42,49)(H,50,51)(H3,33,39,43,44,54)/t19-/m0/s1. The summed E-state index contributed by atoms with van der Waals surface area (Å²) in [5.41, 5.74) is 11.6. The smallest absolute Gasteiger partial charge is 0.303 e. The molecule has 0 fully saturated rings. The van der Waals surface area contributed by atoms with Gasteiger partial charge in [0.15, 0.2) is 11.2 Å². The molecule has 23 nitrogen and oxygen atoms in total. The van der Waals surface area contributed by atoms with Crippen LogP contribution >= 0.6 is 0 Å². The van der Waals surface area contributed by atoms with Gasteiger partial charge in [0, 0.05) is 30.6 Å². The lowest BCUT2D eigenvalue weighted by Crippen LogP contribution is -2.51. The van der Waals surface area contributed by atoms with Crippen molar-refractivity contribution < 1.29 is 43.5 Å². The number of H-pyrrole nitrogens is 1. The van der Waals surface area contributed by atoms with E-state index in [4.69, 9.17) is 16.6 Å². The Hall–Kier alpha value is -7.20. The number of rotatable bonds is 21. The number of nitrogens with one attached hydrogen (secondary N) is 8. The number of aliphatic carboxylic acids is 1. The number of amides is 7. The van der Waals surface area contributed by atoms with Gasteiger partial charge in [-0.1, -0.05) is 0 Å². The van der Waals surface area contributed by atoms with Crippen molar-refractivity contribution in [2.24, 2.45) is 5.73 Å². The first-order valence-electron chi connectivity index (χ1n) is 16.2. The summed E-state index contributed by atoms with van der Waals surface area (Å²) in [6.07, 6.45) is 0.815. The van der Waals surface area contributed by atoms with Gasteiger partial charge in [-0.05, 0) is 37.1 Å². The number of fused-ring (bicyclic) bond motifs is 1. The van der Waals surface area contributed by atoms with Crippen molar-refractivity contribution in [3.8, 4) is 0 Å². The van der Waals surface area contributed by atoms with Crippen molar-refractivity contribution in [3.05, 3.63) is 52.1 Å². The molecule has 0 radical (unpaired) electrons. The number of nitrogens with zero attached hydrogens (tertiary/aromatic N) is 3. The number of carboxylic acids is 1. The first kappa shape index (κ1) is 41.2. The molecule has 2 aromatic heterocycles. The Labute approximate surface area is 305 Å². The molecule has 3 aromatic rings.